The molecule has 0 aliphatic heterocycles. The van der Waals surface area contributed by atoms with E-state index in [4.69, 9.17) is 9.47 Å². The minimum absolute atomic E-state index is 0.808. The molecule has 0 radical (unpaired) electrons. The van der Waals surface area contributed by atoms with Crippen molar-refractivity contribution in [1.29, 1.82) is 0 Å². The second kappa shape index (κ2) is 6.23. The van der Waals surface area contributed by atoms with Gasteiger partial charge < -0.3 is 19.7 Å². The van der Waals surface area contributed by atoms with E-state index in [0.29, 0.717) is 0 Å². The van der Waals surface area contributed by atoms with Gasteiger partial charge in [-0.3, -0.25) is 0 Å². The lowest BCUT2D eigenvalue weighted by atomic mass is 10.2. The monoisotopic (exact) mass is 224 g/mol. The lowest BCUT2D eigenvalue weighted by Gasteiger charge is -2.21. The second-order valence-electron chi connectivity index (χ2n) is 3.56. The van der Waals surface area contributed by atoms with E-state index in [2.05, 4.69) is 10.2 Å². The SMILES string of the molecule is CNCCN(C)c1ccc(OC)cc1OC. The van der Waals surface area contributed by atoms with Gasteiger partial charge in [-0.15, -0.1) is 0 Å². The van der Waals surface area contributed by atoms with Gasteiger partial charge in [0.05, 0.1) is 19.9 Å². The molecule has 0 fully saturated rings. The number of hydrogen-bond donors (Lipinski definition) is 1. The number of anilines is 1. The summed E-state index contributed by atoms with van der Waals surface area (Å²) in [6.07, 6.45) is 0. The van der Waals surface area contributed by atoms with Gasteiger partial charge in [-0.2, -0.15) is 0 Å². The number of hydrogen-bond acceptors (Lipinski definition) is 4. The second-order valence-corrected chi connectivity index (χ2v) is 3.56. The van der Waals surface area contributed by atoms with Gasteiger partial charge in [0, 0.05) is 26.2 Å². The number of rotatable bonds is 6. The summed E-state index contributed by atoms with van der Waals surface area (Å²) in [4.78, 5) is 2.15. The lowest BCUT2D eigenvalue weighted by Crippen LogP contribution is -2.27. The van der Waals surface area contributed by atoms with E-state index in [1.54, 1.807) is 14.2 Å². The molecule has 16 heavy (non-hydrogen) atoms. The van der Waals surface area contributed by atoms with Crippen LogP contribution in [0.3, 0.4) is 0 Å². The molecule has 90 valence electrons. The zero-order chi connectivity index (χ0) is 12.0. The fraction of sp³-hybridized carbons (Fsp3) is 0.500. The van der Waals surface area contributed by atoms with Crippen LogP contribution in [0.5, 0.6) is 11.5 Å². The summed E-state index contributed by atoms with van der Waals surface area (Å²) in [6.45, 7) is 1.87. The highest BCUT2D eigenvalue weighted by atomic mass is 16.5. The molecule has 0 spiro atoms. The van der Waals surface area contributed by atoms with Crippen molar-refractivity contribution in [2.75, 3.05) is 46.3 Å². The van der Waals surface area contributed by atoms with E-state index >= 15 is 0 Å². The van der Waals surface area contributed by atoms with E-state index in [1.807, 2.05) is 32.3 Å². The van der Waals surface area contributed by atoms with E-state index in [-0.39, 0.29) is 0 Å². The maximum Gasteiger partial charge on any atom is 0.145 e. The lowest BCUT2D eigenvalue weighted by molar-refractivity contribution is 0.394. The van der Waals surface area contributed by atoms with Gasteiger partial charge in [0.2, 0.25) is 0 Å². The van der Waals surface area contributed by atoms with Crippen LogP contribution in [0.2, 0.25) is 0 Å². The van der Waals surface area contributed by atoms with Crippen LogP contribution in [-0.2, 0) is 0 Å². The zero-order valence-electron chi connectivity index (χ0n) is 10.4. The number of nitrogens with zero attached hydrogens (tertiary/aromatic N) is 1. The maximum atomic E-state index is 5.35. The molecule has 0 aliphatic rings. The predicted octanol–water partition coefficient (Wildman–Crippen LogP) is 1.36. The van der Waals surface area contributed by atoms with Crippen molar-refractivity contribution in [3.05, 3.63) is 18.2 Å². The van der Waals surface area contributed by atoms with Crippen LogP contribution in [-0.4, -0.2) is 41.4 Å². The van der Waals surface area contributed by atoms with Crippen LogP contribution in [0.15, 0.2) is 18.2 Å². The molecule has 1 aromatic rings. The molecular formula is C12H20N2O2. The Hall–Kier alpha value is -1.42. The quantitative estimate of drug-likeness (QED) is 0.791. The van der Waals surface area contributed by atoms with E-state index in [1.165, 1.54) is 0 Å². The topological polar surface area (TPSA) is 33.7 Å². The summed E-state index contributed by atoms with van der Waals surface area (Å²) in [5.74, 6) is 1.64. The number of benzene rings is 1. The Morgan fingerprint density at radius 1 is 1.25 bits per heavy atom. The first-order valence-corrected chi connectivity index (χ1v) is 5.30. The molecular weight excluding hydrogens is 204 g/mol. The average Bonchev–Trinajstić information content (AvgIpc) is 2.34. The summed E-state index contributed by atoms with van der Waals surface area (Å²) in [7, 11) is 7.31. The molecule has 0 saturated carbocycles. The molecule has 4 nitrogen and oxygen atoms in total. The molecule has 0 heterocycles. The highest BCUT2D eigenvalue weighted by Crippen LogP contribution is 2.31. The Bertz CT molecular complexity index is 329. The van der Waals surface area contributed by atoms with Crippen molar-refractivity contribution < 1.29 is 9.47 Å². The van der Waals surface area contributed by atoms with Crippen molar-refractivity contribution >= 4 is 5.69 Å². The number of methoxy groups -OCH3 is 2. The van der Waals surface area contributed by atoms with Gasteiger partial charge in [-0.05, 0) is 19.2 Å². The summed E-state index contributed by atoms with van der Waals surface area (Å²) in [5.41, 5.74) is 1.07. The van der Waals surface area contributed by atoms with Crippen molar-refractivity contribution in [2.24, 2.45) is 0 Å². The molecule has 0 saturated heterocycles. The molecule has 4 heteroatoms. The van der Waals surface area contributed by atoms with Gasteiger partial charge in [0.25, 0.3) is 0 Å². The fourth-order valence-corrected chi connectivity index (χ4v) is 1.50. The van der Waals surface area contributed by atoms with Gasteiger partial charge in [0.15, 0.2) is 0 Å². The third-order valence-electron chi connectivity index (χ3n) is 2.50. The van der Waals surface area contributed by atoms with Crippen LogP contribution in [0, 0.1) is 0 Å². The summed E-state index contributed by atoms with van der Waals surface area (Å²) < 4.78 is 10.5. The summed E-state index contributed by atoms with van der Waals surface area (Å²) in [6, 6.07) is 5.84. The maximum absolute atomic E-state index is 5.35. The zero-order valence-corrected chi connectivity index (χ0v) is 10.4. The van der Waals surface area contributed by atoms with E-state index in [9.17, 15) is 0 Å². The van der Waals surface area contributed by atoms with Crippen molar-refractivity contribution in [1.82, 2.24) is 5.32 Å². The average molecular weight is 224 g/mol. The van der Waals surface area contributed by atoms with Gasteiger partial charge in [-0.25, -0.2) is 0 Å². The largest absolute Gasteiger partial charge is 0.497 e. The highest BCUT2D eigenvalue weighted by molar-refractivity contribution is 5.60. The Morgan fingerprint density at radius 2 is 2.00 bits per heavy atom. The number of nitrogens with one attached hydrogen (secondary N) is 1. The first-order valence-electron chi connectivity index (χ1n) is 5.30. The molecule has 0 unspecified atom stereocenters. The van der Waals surface area contributed by atoms with Gasteiger partial charge in [-0.1, -0.05) is 0 Å². The molecule has 1 rings (SSSR count). The van der Waals surface area contributed by atoms with E-state index in [0.717, 1.165) is 30.3 Å². The molecule has 0 aromatic heterocycles. The molecule has 1 aromatic carbocycles. The van der Waals surface area contributed by atoms with Crippen molar-refractivity contribution in [2.45, 2.75) is 0 Å². The Labute approximate surface area is 97.2 Å². The van der Waals surface area contributed by atoms with Crippen LogP contribution in [0.1, 0.15) is 0 Å². The Balaban J connectivity index is 2.85. The minimum Gasteiger partial charge on any atom is -0.497 e. The number of ether oxygens (including phenoxy) is 2. The van der Waals surface area contributed by atoms with Crippen LogP contribution < -0.4 is 19.7 Å². The standard InChI is InChI=1S/C12H20N2O2/c1-13-7-8-14(2)11-6-5-10(15-3)9-12(11)16-4/h5-6,9,13H,7-8H2,1-4H3. The fourth-order valence-electron chi connectivity index (χ4n) is 1.50. The molecule has 1 N–H and O–H groups in total. The van der Waals surface area contributed by atoms with Gasteiger partial charge in [0.1, 0.15) is 11.5 Å². The minimum atomic E-state index is 0.808. The third kappa shape index (κ3) is 3.03. The third-order valence-corrected chi connectivity index (χ3v) is 2.50. The first-order chi connectivity index (χ1) is 7.72. The highest BCUT2D eigenvalue weighted by Gasteiger charge is 2.08. The summed E-state index contributed by atoms with van der Waals surface area (Å²) in [5, 5.41) is 3.12. The summed E-state index contributed by atoms with van der Waals surface area (Å²) >= 11 is 0. The van der Waals surface area contributed by atoms with Gasteiger partial charge >= 0.3 is 0 Å². The first kappa shape index (κ1) is 12.6. The Morgan fingerprint density at radius 3 is 2.56 bits per heavy atom. The normalized spacial score (nSPS) is 10.0. The molecule has 0 atom stereocenters. The molecule has 0 aliphatic carbocycles. The van der Waals surface area contributed by atoms with Crippen LogP contribution >= 0.6 is 0 Å². The van der Waals surface area contributed by atoms with Crippen molar-refractivity contribution in [3.63, 3.8) is 0 Å². The Kier molecular flexibility index (Phi) is 4.92. The smallest absolute Gasteiger partial charge is 0.145 e. The predicted molar refractivity (Wildman–Crippen MR) is 66.7 cm³/mol. The van der Waals surface area contributed by atoms with E-state index < -0.39 is 0 Å². The number of likely N-dealkylation sites (N-methyl/N-ethyl adjacent to an activating group) is 2. The van der Waals surface area contributed by atoms with Crippen LogP contribution in [0.25, 0.3) is 0 Å². The van der Waals surface area contributed by atoms with Crippen molar-refractivity contribution in [3.8, 4) is 11.5 Å². The molecule has 0 bridgehead atoms. The van der Waals surface area contributed by atoms with Crippen LogP contribution in [0.4, 0.5) is 5.69 Å². The molecule has 0 amide bonds.